The maximum atomic E-state index is 12.3. The van der Waals surface area contributed by atoms with Gasteiger partial charge in [-0.1, -0.05) is 0 Å². The van der Waals surface area contributed by atoms with Gasteiger partial charge < -0.3 is 10.4 Å². The number of rotatable bonds is 4. The Hall–Kier alpha value is -1.91. The van der Waals surface area contributed by atoms with Crippen LogP contribution in [0.5, 0.6) is 0 Å². The van der Waals surface area contributed by atoms with E-state index in [4.69, 9.17) is 0 Å². The molecule has 110 valence electrons. The smallest absolute Gasteiger partial charge is 0.311 e. The van der Waals surface area contributed by atoms with Crippen LogP contribution >= 0.6 is 0 Å². The Morgan fingerprint density at radius 3 is 2.15 bits per heavy atom. The summed E-state index contributed by atoms with van der Waals surface area (Å²) in [4.78, 5) is 27.9. The van der Waals surface area contributed by atoms with E-state index in [1.54, 1.807) is 46.8 Å². The van der Waals surface area contributed by atoms with Crippen LogP contribution in [0.3, 0.4) is 0 Å². The molecule has 0 aromatic carbocycles. The van der Waals surface area contributed by atoms with Crippen LogP contribution in [0.1, 0.15) is 49.4 Å². The van der Waals surface area contributed by atoms with Crippen molar-refractivity contribution in [3.05, 3.63) is 29.1 Å². The zero-order valence-electron chi connectivity index (χ0n) is 12.9. The van der Waals surface area contributed by atoms with E-state index in [1.165, 1.54) is 0 Å². The van der Waals surface area contributed by atoms with Gasteiger partial charge in [-0.25, -0.2) is 0 Å². The maximum Gasteiger partial charge on any atom is 0.311 e. The number of carbonyl (C=O) groups excluding carboxylic acids is 1. The molecule has 0 atom stereocenters. The standard InChI is InChI=1S/C15H22N2O3/c1-9-7-8-11(10(2)16-9)12(18)17-15(5,6)14(3,4)13(19)20/h7-8H,1-6H3,(H,17,18)(H,19,20). The summed E-state index contributed by atoms with van der Waals surface area (Å²) >= 11 is 0. The topological polar surface area (TPSA) is 79.3 Å². The largest absolute Gasteiger partial charge is 0.481 e. The summed E-state index contributed by atoms with van der Waals surface area (Å²) in [5.41, 5.74) is -0.0532. The molecule has 2 N–H and O–H groups in total. The van der Waals surface area contributed by atoms with Crippen LogP contribution in [0, 0.1) is 19.3 Å². The number of aryl methyl sites for hydroxylation is 2. The summed E-state index contributed by atoms with van der Waals surface area (Å²) in [6.45, 7) is 10.2. The predicted molar refractivity (Wildman–Crippen MR) is 76.7 cm³/mol. The van der Waals surface area contributed by atoms with E-state index >= 15 is 0 Å². The van der Waals surface area contributed by atoms with Crippen LogP contribution in [0.2, 0.25) is 0 Å². The summed E-state index contributed by atoms with van der Waals surface area (Å²) in [6, 6.07) is 3.47. The first kappa shape index (κ1) is 16.1. The Morgan fingerprint density at radius 1 is 1.15 bits per heavy atom. The molecule has 1 amide bonds. The lowest BCUT2D eigenvalue weighted by Gasteiger charge is -2.38. The van der Waals surface area contributed by atoms with Crippen LogP contribution in [-0.2, 0) is 4.79 Å². The minimum Gasteiger partial charge on any atom is -0.481 e. The number of aromatic nitrogens is 1. The molecule has 0 fully saturated rings. The van der Waals surface area contributed by atoms with Gasteiger partial charge in [0.15, 0.2) is 0 Å². The molecule has 20 heavy (non-hydrogen) atoms. The van der Waals surface area contributed by atoms with Gasteiger partial charge in [0.2, 0.25) is 0 Å². The Morgan fingerprint density at radius 2 is 1.70 bits per heavy atom. The lowest BCUT2D eigenvalue weighted by molar-refractivity contribution is -0.150. The highest BCUT2D eigenvalue weighted by molar-refractivity contribution is 5.96. The second-order valence-corrected chi connectivity index (χ2v) is 6.09. The summed E-state index contributed by atoms with van der Waals surface area (Å²) in [5.74, 6) is -1.27. The number of carbonyl (C=O) groups is 2. The number of hydrogen-bond donors (Lipinski definition) is 2. The SMILES string of the molecule is Cc1ccc(C(=O)NC(C)(C)C(C)(C)C(=O)O)c(C)n1. The van der Waals surface area contributed by atoms with Crippen molar-refractivity contribution in [3.63, 3.8) is 0 Å². The zero-order chi connectivity index (χ0) is 15.7. The first-order chi connectivity index (χ1) is 8.99. The molecule has 1 aromatic heterocycles. The van der Waals surface area contributed by atoms with Gasteiger partial charge in [-0.3, -0.25) is 14.6 Å². The van der Waals surface area contributed by atoms with Crippen molar-refractivity contribution < 1.29 is 14.7 Å². The van der Waals surface area contributed by atoms with Gasteiger partial charge >= 0.3 is 5.97 Å². The molecule has 5 heteroatoms. The molecule has 0 bridgehead atoms. The molecule has 0 aliphatic heterocycles. The molecule has 1 heterocycles. The van der Waals surface area contributed by atoms with Crippen molar-refractivity contribution in [2.45, 2.75) is 47.1 Å². The van der Waals surface area contributed by atoms with Crippen LogP contribution in [0.15, 0.2) is 12.1 Å². The van der Waals surface area contributed by atoms with Crippen molar-refractivity contribution in [1.82, 2.24) is 10.3 Å². The quantitative estimate of drug-likeness (QED) is 0.885. The fourth-order valence-corrected chi connectivity index (χ4v) is 1.70. The Balaban J connectivity index is 3.03. The third-order valence-electron chi connectivity index (χ3n) is 3.99. The third-order valence-corrected chi connectivity index (χ3v) is 3.99. The number of aliphatic carboxylic acids is 1. The molecule has 0 aliphatic rings. The Kier molecular flexibility index (Phi) is 4.22. The molecule has 5 nitrogen and oxygen atoms in total. The van der Waals surface area contributed by atoms with Gasteiger partial charge in [0.25, 0.3) is 5.91 Å². The number of nitrogens with zero attached hydrogens (tertiary/aromatic N) is 1. The molecule has 0 saturated heterocycles. The zero-order valence-corrected chi connectivity index (χ0v) is 12.9. The van der Waals surface area contributed by atoms with Crippen molar-refractivity contribution in [1.29, 1.82) is 0 Å². The average Bonchev–Trinajstić information content (AvgIpc) is 2.27. The highest BCUT2D eigenvalue weighted by Gasteiger charge is 2.44. The molecule has 1 rings (SSSR count). The second-order valence-electron chi connectivity index (χ2n) is 6.09. The van der Waals surface area contributed by atoms with Crippen LogP contribution in [-0.4, -0.2) is 27.5 Å². The van der Waals surface area contributed by atoms with Gasteiger partial charge in [0.05, 0.1) is 22.2 Å². The molecule has 0 radical (unpaired) electrons. The average molecular weight is 278 g/mol. The highest BCUT2D eigenvalue weighted by atomic mass is 16.4. The second kappa shape index (κ2) is 5.23. The molecule has 0 aliphatic carbocycles. The third kappa shape index (κ3) is 2.98. The fraction of sp³-hybridized carbons (Fsp3) is 0.533. The summed E-state index contributed by atoms with van der Waals surface area (Å²) in [7, 11) is 0. The number of nitrogens with one attached hydrogen (secondary N) is 1. The molecule has 1 aromatic rings. The van der Waals surface area contributed by atoms with Gasteiger partial charge in [-0.2, -0.15) is 0 Å². The van der Waals surface area contributed by atoms with Crippen molar-refractivity contribution in [2.24, 2.45) is 5.41 Å². The van der Waals surface area contributed by atoms with Gasteiger partial charge in [-0.05, 0) is 53.7 Å². The first-order valence-electron chi connectivity index (χ1n) is 6.49. The minimum atomic E-state index is -1.09. The lowest BCUT2D eigenvalue weighted by atomic mass is 9.74. The summed E-state index contributed by atoms with van der Waals surface area (Å²) < 4.78 is 0. The van der Waals surface area contributed by atoms with E-state index in [-0.39, 0.29) is 5.91 Å². The summed E-state index contributed by atoms with van der Waals surface area (Å²) in [5, 5.41) is 12.1. The van der Waals surface area contributed by atoms with Crippen molar-refractivity contribution >= 4 is 11.9 Å². The molecular weight excluding hydrogens is 256 g/mol. The number of carboxylic acid groups (broad SMARTS) is 1. The van der Waals surface area contributed by atoms with Gasteiger partial charge in [0.1, 0.15) is 0 Å². The van der Waals surface area contributed by atoms with E-state index in [0.717, 1.165) is 5.69 Å². The number of amides is 1. The highest BCUT2D eigenvalue weighted by Crippen LogP contribution is 2.31. The minimum absolute atomic E-state index is 0.311. The predicted octanol–water partition coefficient (Wildman–Crippen LogP) is 2.32. The molecule has 0 spiro atoms. The van der Waals surface area contributed by atoms with Crippen LogP contribution in [0.4, 0.5) is 0 Å². The molecule has 0 unspecified atom stereocenters. The van der Waals surface area contributed by atoms with E-state index in [0.29, 0.717) is 11.3 Å². The van der Waals surface area contributed by atoms with Crippen LogP contribution < -0.4 is 5.32 Å². The van der Waals surface area contributed by atoms with E-state index in [2.05, 4.69) is 10.3 Å². The first-order valence-corrected chi connectivity index (χ1v) is 6.49. The fourth-order valence-electron chi connectivity index (χ4n) is 1.70. The van der Waals surface area contributed by atoms with Gasteiger partial charge in [-0.15, -0.1) is 0 Å². The lowest BCUT2D eigenvalue weighted by Crippen LogP contribution is -2.57. The van der Waals surface area contributed by atoms with E-state index in [9.17, 15) is 14.7 Å². The van der Waals surface area contributed by atoms with Gasteiger partial charge in [0, 0.05) is 5.69 Å². The Bertz CT molecular complexity index is 548. The van der Waals surface area contributed by atoms with Crippen LogP contribution in [0.25, 0.3) is 0 Å². The van der Waals surface area contributed by atoms with E-state index < -0.39 is 16.9 Å². The normalized spacial score (nSPS) is 12.1. The monoisotopic (exact) mass is 278 g/mol. The molecular formula is C15H22N2O3. The number of hydrogen-bond acceptors (Lipinski definition) is 3. The summed E-state index contributed by atoms with van der Waals surface area (Å²) in [6.07, 6.45) is 0. The van der Waals surface area contributed by atoms with E-state index in [1.807, 2.05) is 6.92 Å². The molecule has 0 saturated carbocycles. The van der Waals surface area contributed by atoms with Crippen molar-refractivity contribution in [2.75, 3.05) is 0 Å². The Labute approximate surface area is 119 Å². The maximum absolute atomic E-state index is 12.3. The van der Waals surface area contributed by atoms with Crippen molar-refractivity contribution in [3.8, 4) is 0 Å². The number of carboxylic acids is 1. The number of pyridine rings is 1.